The van der Waals surface area contributed by atoms with Crippen molar-refractivity contribution in [2.24, 2.45) is 0 Å². The lowest BCUT2D eigenvalue weighted by Gasteiger charge is -2.09. The maximum atomic E-state index is 12.1. The Morgan fingerprint density at radius 3 is 2.32 bits per heavy atom. The topological polar surface area (TPSA) is 79.3 Å². The zero-order chi connectivity index (χ0) is 19.9. The minimum absolute atomic E-state index is 0.0712. The quantitative estimate of drug-likeness (QED) is 0.693. The maximum absolute atomic E-state index is 12.1. The number of urea groups is 1. The number of carbonyl (C=O) groups excluding carboxylic acids is 2. The Hall–Kier alpha value is -3.61. The van der Waals surface area contributed by atoms with Crippen molar-refractivity contribution >= 4 is 17.8 Å². The Morgan fingerprint density at radius 1 is 0.964 bits per heavy atom. The molecule has 28 heavy (non-hydrogen) atoms. The van der Waals surface area contributed by atoms with Crippen LogP contribution in [0.5, 0.6) is 0 Å². The number of rotatable bonds is 6. The molecule has 0 saturated heterocycles. The summed E-state index contributed by atoms with van der Waals surface area (Å²) in [4.78, 5) is 25.2. The van der Waals surface area contributed by atoms with Gasteiger partial charge in [0.2, 0.25) is 5.91 Å². The standard InChI is InChI=1S/C21H23N5O2/c1-25(2)20(27)15-26-13-12-19(24-26)23-21(28)22-14-16-8-10-18(11-9-16)17-6-4-3-5-7-17/h3-13H,14-15H2,1-2H3,(H2,22,23,24,28). The molecular formula is C21H23N5O2. The molecule has 0 bridgehead atoms. The monoisotopic (exact) mass is 377 g/mol. The number of amides is 3. The van der Waals surface area contributed by atoms with Gasteiger partial charge in [-0.2, -0.15) is 5.10 Å². The predicted molar refractivity (Wildman–Crippen MR) is 109 cm³/mol. The van der Waals surface area contributed by atoms with Gasteiger partial charge in [-0.1, -0.05) is 54.6 Å². The van der Waals surface area contributed by atoms with E-state index in [0.717, 1.165) is 16.7 Å². The molecule has 7 heteroatoms. The molecule has 1 aromatic heterocycles. The Balaban J connectivity index is 1.49. The van der Waals surface area contributed by atoms with Crippen LogP contribution in [-0.4, -0.2) is 40.7 Å². The molecule has 0 fully saturated rings. The van der Waals surface area contributed by atoms with Crippen LogP contribution in [0, 0.1) is 0 Å². The van der Waals surface area contributed by atoms with Crippen molar-refractivity contribution in [3.63, 3.8) is 0 Å². The molecule has 0 unspecified atom stereocenters. The van der Waals surface area contributed by atoms with Crippen LogP contribution in [0.2, 0.25) is 0 Å². The summed E-state index contributed by atoms with van der Waals surface area (Å²) < 4.78 is 1.49. The van der Waals surface area contributed by atoms with Crippen molar-refractivity contribution in [2.75, 3.05) is 19.4 Å². The fraction of sp³-hybridized carbons (Fsp3) is 0.190. The summed E-state index contributed by atoms with van der Waals surface area (Å²) in [7, 11) is 3.37. The summed E-state index contributed by atoms with van der Waals surface area (Å²) in [5, 5.41) is 9.64. The molecule has 144 valence electrons. The summed E-state index contributed by atoms with van der Waals surface area (Å²) in [5.74, 6) is 0.321. The molecule has 0 aliphatic heterocycles. The Morgan fingerprint density at radius 2 is 1.64 bits per heavy atom. The van der Waals surface area contributed by atoms with Gasteiger partial charge in [0.15, 0.2) is 5.82 Å². The third-order valence-corrected chi connectivity index (χ3v) is 4.19. The van der Waals surface area contributed by atoms with Gasteiger partial charge in [0.25, 0.3) is 0 Å². The van der Waals surface area contributed by atoms with Crippen LogP contribution >= 0.6 is 0 Å². The van der Waals surface area contributed by atoms with E-state index in [-0.39, 0.29) is 18.5 Å². The number of nitrogens with one attached hydrogen (secondary N) is 2. The molecule has 0 saturated carbocycles. The average molecular weight is 377 g/mol. The largest absolute Gasteiger partial charge is 0.347 e. The van der Waals surface area contributed by atoms with Crippen LogP contribution in [0.1, 0.15) is 5.56 Å². The van der Waals surface area contributed by atoms with Crippen molar-refractivity contribution in [3.8, 4) is 11.1 Å². The van der Waals surface area contributed by atoms with E-state index in [4.69, 9.17) is 0 Å². The second kappa shape index (κ2) is 8.85. The first-order valence-corrected chi connectivity index (χ1v) is 8.94. The van der Waals surface area contributed by atoms with Crippen LogP contribution in [0.15, 0.2) is 66.9 Å². The van der Waals surface area contributed by atoms with E-state index in [1.807, 2.05) is 42.5 Å². The minimum atomic E-state index is -0.351. The number of aromatic nitrogens is 2. The molecular weight excluding hydrogens is 354 g/mol. The van der Waals surface area contributed by atoms with Gasteiger partial charge in [-0.3, -0.25) is 14.8 Å². The first kappa shape index (κ1) is 19.2. The Labute approximate surface area is 164 Å². The molecule has 0 spiro atoms. The van der Waals surface area contributed by atoms with E-state index in [2.05, 4.69) is 27.9 Å². The highest BCUT2D eigenvalue weighted by molar-refractivity contribution is 5.88. The molecule has 3 amide bonds. The van der Waals surface area contributed by atoms with E-state index >= 15 is 0 Å². The average Bonchev–Trinajstić information content (AvgIpc) is 3.14. The molecule has 3 aromatic rings. The first-order chi connectivity index (χ1) is 13.5. The zero-order valence-corrected chi connectivity index (χ0v) is 15.9. The van der Waals surface area contributed by atoms with Gasteiger partial charge in [-0.05, 0) is 16.7 Å². The molecule has 1 heterocycles. The van der Waals surface area contributed by atoms with Crippen LogP contribution in [0.3, 0.4) is 0 Å². The molecule has 3 rings (SSSR count). The minimum Gasteiger partial charge on any atom is -0.347 e. The third kappa shape index (κ3) is 5.20. The SMILES string of the molecule is CN(C)C(=O)Cn1ccc(NC(=O)NCc2ccc(-c3ccccc3)cc2)n1. The third-order valence-electron chi connectivity index (χ3n) is 4.19. The summed E-state index contributed by atoms with van der Waals surface area (Å²) in [6.45, 7) is 0.533. The van der Waals surface area contributed by atoms with Crippen molar-refractivity contribution in [3.05, 3.63) is 72.4 Å². The van der Waals surface area contributed by atoms with Crippen molar-refractivity contribution < 1.29 is 9.59 Å². The van der Waals surface area contributed by atoms with E-state index in [1.165, 1.54) is 9.58 Å². The lowest BCUT2D eigenvalue weighted by Crippen LogP contribution is -2.29. The summed E-state index contributed by atoms with van der Waals surface area (Å²) in [6.07, 6.45) is 1.65. The van der Waals surface area contributed by atoms with Gasteiger partial charge in [0, 0.05) is 32.9 Å². The van der Waals surface area contributed by atoms with Crippen molar-refractivity contribution in [1.29, 1.82) is 0 Å². The highest BCUT2D eigenvalue weighted by Crippen LogP contribution is 2.19. The fourth-order valence-electron chi connectivity index (χ4n) is 2.58. The molecule has 2 N–H and O–H groups in total. The highest BCUT2D eigenvalue weighted by atomic mass is 16.2. The number of nitrogens with zero attached hydrogens (tertiary/aromatic N) is 3. The summed E-state index contributed by atoms with van der Waals surface area (Å²) in [6, 6.07) is 19.5. The number of hydrogen-bond acceptors (Lipinski definition) is 3. The molecule has 0 aliphatic rings. The smallest absolute Gasteiger partial charge is 0.320 e. The van der Waals surface area contributed by atoms with E-state index in [1.54, 1.807) is 26.4 Å². The lowest BCUT2D eigenvalue weighted by molar-refractivity contribution is -0.129. The summed E-state index contributed by atoms with van der Waals surface area (Å²) >= 11 is 0. The van der Waals surface area contributed by atoms with Crippen LogP contribution in [0.25, 0.3) is 11.1 Å². The van der Waals surface area contributed by atoms with Crippen LogP contribution < -0.4 is 10.6 Å². The predicted octanol–water partition coefficient (Wildman–Crippen LogP) is 2.96. The summed E-state index contributed by atoms with van der Waals surface area (Å²) in [5.41, 5.74) is 3.28. The van der Waals surface area contributed by atoms with Gasteiger partial charge in [0.1, 0.15) is 6.54 Å². The number of hydrogen-bond donors (Lipinski definition) is 2. The fourth-order valence-corrected chi connectivity index (χ4v) is 2.58. The zero-order valence-electron chi connectivity index (χ0n) is 15.9. The van der Waals surface area contributed by atoms with E-state index < -0.39 is 0 Å². The van der Waals surface area contributed by atoms with Gasteiger partial charge in [-0.25, -0.2) is 4.79 Å². The molecule has 2 aromatic carbocycles. The molecule has 0 radical (unpaired) electrons. The van der Waals surface area contributed by atoms with Gasteiger partial charge >= 0.3 is 6.03 Å². The number of benzene rings is 2. The normalized spacial score (nSPS) is 10.4. The molecule has 0 aliphatic carbocycles. The van der Waals surface area contributed by atoms with E-state index in [0.29, 0.717) is 12.4 Å². The molecule has 7 nitrogen and oxygen atoms in total. The molecule has 0 atom stereocenters. The van der Waals surface area contributed by atoms with Gasteiger partial charge in [0.05, 0.1) is 0 Å². The first-order valence-electron chi connectivity index (χ1n) is 8.94. The maximum Gasteiger partial charge on any atom is 0.320 e. The second-order valence-electron chi connectivity index (χ2n) is 6.56. The van der Waals surface area contributed by atoms with Crippen molar-refractivity contribution in [1.82, 2.24) is 20.0 Å². The second-order valence-corrected chi connectivity index (χ2v) is 6.56. The van der Waals surface area contributed by atoms with E-state index in [9.17, 15) is 9.59 Å². The van der Waals surface area contributed by atoms with Gasteiger partial charge < -0.3 is 10.2 Å². The lowest BCUT2D eigenvalue weighted by atomic mass is 10.0. The Kier molecular flexibility index (Phi) is 6.06. The highest BCUT2D eigenvalue weighted by Gasteiger charge is 2.08. The van der Waals surface area contributed by atoms with Crippen LogP contribution in [0.4, 0.5) is 10.6 Å². The van der Waals surface area contributed by atoms with Crippen LogP contribution in [-0.2, 0) is 17.9 Å². The van der Waals surface area contributed by atoms with Crippen molar-refractivity contribution in [2.45, 2.75) is 13.1 Å². The number of carbonyl (C=O) groups is 2. The van der Waals surface area contributed by atoms with Gasteiger partial charge in [-0.15, -0.1) is 0 Å². The number of likely N-dealkylation sites (N-methyl/N-ethyl adjacent to an activating group) is 1. The number of anilines is 1. The Bertz CT molecular complexity index is 933.